The van der Waals surface area contributed by atoms with E-state index in [1.54, 1.807) is 0 Å². The molecule has 1 atom stereocenters. The standard InChI is InChI=1S/C14H24N4OS/c1-10(2)18(7-12-5-4-6-15-12)8-13-9-20-14(17-13)16-11(3)19/h9-10,12,15H,4-8H2,1-3H3,(H,16,17,19). The van der Waals surface area contributed by atoms with Crippen molar-refractivity contribution in [2.24, 2.45) is 0 Å². The van der Waals surface area contributed by atoms with Gasteiger partial charge in [-0.15, -0.1) is 11.3 Å². The molecule has 1 aliphatic heterocycles. The Bertz CT molecular complexity index is 440. The number of nitrogens with one attached hydrogen (secondary N) is 2. The number of carbonyl (C=O) groups excluding carboxylic acids is 1. The fraction of sp³-hybridized carbons (Fsp3) is 0.714. The number of hydrogen-bond acceptors (Lipinski definition) is 5. The maximum Gasteiger partial charge on any atom is 0.223 e. The second kappa shape index (κ2) is 7.15. The lowest BCUT2D eigenvalue weighted by atomic mass is 10.2. The minimum absolute atomic E-state index is 0.0678. The molecule has 1 unspecified atom stereocenters. The summed E-state index contributed by atoms with van der Waals surface area (Å²) >= 11 is 1.49. The summed E-state index contributed by atoms with van der Waals surface area (Å²) in [4.78, 5) is 17.9. The largest absolute Gasteiger partial charge is 0.313 e. The molecule has 0 bridgehead atoms. The molecule has 1 amide bonds. The van der Waals surface area contributed by atoms with Gasteiger partial charge in [0, 0.05) is 37.5 Å². The van der Waals surface area contributed by atoms with Gasteiger partial charge in [-0.25, -0.2) is 4.98 Å². The fourth-order valence-corrected chi connectivity index (χ4v) is 3.20. The Balaban J connectivity index is 1.93. The van der Waals surface area contributed by atoms with E-state index in [1.165, 1.54) is 31.1 Å². The zero-order valence-electron chi connectivity index (χ0n) is 12.5. The van der Waals surface area contributed by atoms with Crippen LogP contribution in [0.4, 0.5) is 5.13 Å². The molecule has 1 aliphatic rings. The number of carbonyl (C=O) groups is 1. The molecule has 20 heavy (non-hydrogen) atoms. The SMILES string of the molecule is CC(=O)Nc1nc(CN(CC2CCCN2)C(C)C)cs1. The molecule has 0 radical (unpaired) electrons. The molecule has 6 heteroatoms. The Hall–Kier alpha value is -0.980. The van der Waals surface area contributed by atoms with E-state index in [-0.39, 0.29) is 5.91 Å². The van der Waals surface area contributed by atoms with Crippen molar-refractivity contribution in [1.29, 1.82) is 0 Å². The summed E-state index contributed by atoms with van der Waals surface area (Å²) in [6, 6.07) is 1.09. The highest BCUT2D eigenvalue weighted by molar-refractivity contribution is 7.13. The van der Waals surface area contributed by atoms with Crippen molar-refractivity contribution in [1.82, 2.24) is 15.2 Å². The van der Waals surface area contributed by atoms with Crippen LogP contribution < -0.4 is 10.6 Å². The average molecular weight is 296 g/mol. The normalized spacial score (nSPS) is 18.9. The van der Waals surface area contributed by atoms with Gasteiger partial charge < -0.3 is 10.6 Å². The maximum atomic E-state index is 11.0. The maximum absolute atomic E-state index is 11.0. The highest BCUT2D eigenvalue weighted by Gasteiger charge is 2.20. The summed E-state index contributed by atoms with van der Waals surface area (Å²) in [7, 11) is 0. The topological polar surface area (TPSA) is 57.3 Å². The third kappa shape index (κ3) is 4.54. The van der Waals surface area contributed by atoms with Gasteiger partial charge in [0.05, 0.1) is 5.69 Å². The smallest absolute Gasteiger partial charge is 0.223 e. The monoisotopic (exact) mass is 296 g/mol. The molecule has 0 spiro atoms. The minimum atomic E-state index is -0.0678. The van der Waals surface area contributed by atoms with Gasteiger partial charge in [0.1, 0.15) is 0 Å². The lowest BCUT2D eigenvalue weighted by Crippen LogP contribution is -2.40. The van der Waals surface area contributed by atoms with Crippen LogP contribution in [0.25, 0.3) is 0 Å². The Kier molecular flexibility index (Phi) is 5.51. The molecular weight excluding hydrogens is 272 g/mol. The molecule has 1 aromatic rings. The van der Waals surface area contributed by atoms with Crippen molar-refractivity contribution >= 4 is 22.4 Å². The van der Waals surface area contributed by atoms with Gasteiger partial charge >= 0.3 is 0 Å². The number of anilines is 1. The van der Waals surface area contributed by atoms with Gasteiger partial charge in [0.25, 0.3) is 0 Å². The summed E-state index contributed by atoms with van der Waals surface area (Å²) in [6.07, 6.45) is 2.54. The summed E-state index contributed by atoms with van der Waals surface area (Å²) < 4.78 is 0. The molecule has 2 N–H and O–H groups in total. The zero-order valence-corrected chi connectivity index (χ0v) is 13.3. The van der Waals surface area contributed by atoms with Crippen molar-refractivity contribution < 1.29 is 4.79 Å². The Morgan fingerprint density at radius 3 is 3.05 bits per heavy atom. The first-order valence-electron chi connectivity index (χ1n) is 7.24. The molecule has 112 valence electrons. The van der Waals surface area contributed by atoms with Gasteiger partial charge in [-0.3, -0.25) is 9.69 Å². The number of nitrogens with zero attached hydrogens (tertiary/aromatic N) is 2. The summed E-state index contributed by atoms with van der Waals surface area (Å²) in [5.74, 6) is -0.0678. The first-order chi connectivity index (χ1) is 9.54. The summed E-state index contributed by atoms with van der Waals surface area (Å²) in [5, 5.41) is 9.00. The van der Waals surface area contributed by atoms with E-state index in [4.69, 9.17) is 0 Å². The van der Waals surface area contributed by atoms with Gasteiger partial charge in [0.2, 0.25) is 5.91 Å². The number of rotatable bonds is 6. The molecule has 2 heterocycles. The molecule has 0 aromatic carbocycles. The number of aromatic nitrogens is 1. The van der Waals surface area contributed by atoms with Gasteiger partial charge in [-0.1, -0.05) is 0 Å². The highest BCUT2D eigenvalue weighted by Crippen LogP contribution is 2.18. The molecule has 2 rings (SSSR count). The van der Waals surface area contributed by atoms with Crippen molar-refractivity contribution in [3.05, 3.63) is 11.1 Å². The second-order valence-corrected chi connectivity index (χ2v) is 6.50. The van der Waals surface area contributed by atoms with Crippen LogP contribution in [0.1, 0.15) is 39.3 Å². The summed E-state index contributed by atoms with van der Waals surface area (Å²) in [6.45, 7) is 8.98. The van der Waals surface area contributed by atoms with E-state index in [0.29, 0.717) is 17.2 Å². The van der Waals surface area contributed by atoms with Crippen LogP contribution in [0, 0.1) is 0 Å². The predicted molar refractivity (Wildman–Crippen MR) is 83.0 cm³/mol. The molecule has 1 aromatic heterocycles. The van der Waals surface area contributed by atoms with Crippen molar-refractivity contribution in [3.63, 3.8) is 0 Å². The van der Waals surface area contributed by atoms with E-state index in [9.17, 15) is 4.79 Å². The molecular formula is C14H24N4OS. The lowest BCUT2D eigenvalue weighted by Gasteiger charge is -2.28. The average Bonchev–Trinajstić information content (AvgIpc) is 2.99. The van der Waals surface area contributed by atoms with Crippen LogP contribution in [0.3, 0.4) is 0 Å². The van der Waals surface area contributed by atoms with E-state index in [1.807, 2.05) is 5.38 Å². The molecule has 1 fully saturated rings. The number of hydrogen-bond donors (Lipinski definition) is 2. The minimum Gasteiger partial charge on any atom is -0.313 e. The van der Waals surface area contributed by atoms with Crippen molar-refractivity contribution in [3.8, 4) is 0 Å². The van der Waals surface area contributed by atoms with E-state index >= 15 is 0 Å². The second-order valence-electron chi connectivity index (χ2n) is 5.64. The predicted octanol–water partition coefficient (Wildman–Crippen LogP) is 2.06. The van der Waals surface area contributed by atoms with Crippen LogP contribution in [0.5, 0.6) is 0 Å². The van der Waals surface area contributed by atoms with Gasteiger partial charge in [-0.2, -0.15) is 0 Å². The van der Waals surface area contributed by atoms with Crippen LogP contribution in [0.15, 0.2) is 5.38 Å². The van der Waals surface area contributed by atoms with Crippen molar-refractivity contribution in [2.75, 3.05) is 18.4 Å². The van der Waals surface area contributed by atoms with Crippen molar-refractivity contribution in [2.45, 2.75) is 52.2 Å². The quantitative estimate of drug-likeness (QED) is 0.844. The number of thiazole rings is 1. The summed E-state index contributed by atoms with van der Waals surface area (Å²) in [5.41, 5.74) is 1.03. The lowest BCUT2D eigenvalue weighted by molar-refractivity contribution is -0.114. The molecule has 0 saturated carbocycles. The van der Waals surface area contributed by atoms with E-state index in [0.717, 1.165) is 25.3 Å². The Morgan fingerprint density at radius 1 is 1.65 bits per heavy atom. The third-order valence-electron chi connectivity index (χ3n) is 3.55. The zero-order chi connectivity index (χ0) is 14.5. The van der Waals surface area contributed by atoms with Gasteiger partial charge in [0.15, 0.2) is 5.13 Å². The van der Waals surface area contributed by atoms with Crippen LogP contribution in [-0.4, -0.2) is 41.0 Å². The third-order valence-corrected chi connectivity index (χ3v) is 4.35. The molecule has 1 saturated heterocycles. The molecule has 5 nitrogen and oxygen atoms in total. The number of amides is 1. The van der Waals surface area contributed by atoms with Gasteiger partial charge in [-0.05, 0) is 33.2 Å². The van der Waals surface area contributed by atoms with Crippen LogP contribution >= 0.6 is 11.3 Å². The van der Waals surface area contributed by atoms with E-state index < -0.39 is 0 Å². The Labute approximate surface area is 124 Å². The molecule has 0 aliphatic carbocycles. The van der Waals surface area contributed by atoms with Crippen LogP contribution in [0.2, 0.25) is 0 Å². The van der Waals surface area contributed by atoms with E-state index in [2.05, 4.69) is 34.4 Å². The highest BCUT2D eigenvalue weighted by atomic mass is 32.1. The first-order valence-corrected chi connectivity index (χ1v) is 8.12. The van der Waals surface area contributed by atoms with Crippen LogP contribution in [-0.2, 0) is 11.3 Å². The Morgan fingerprint density at radius 2 is 2.45 bits per heavy atom. The first kappa shape index (κ1) is 15.4. The fourth-order valence-electron chi connectivity index (χ4n) is 2.45.